The van der Waals surface area contributed by atoms with Gasteiger partial charge in [0.2, 0.25) is 5.91 Å². The van der Waals surface area contributed by atoms with E-state index < -0.39 is 18.1 Å². The van der Waals surface area contributed by atoms with Crippen LogP contribution in [0.2, 0.25) is 0 Å². The van der Waals surface area contributed by atoms with E-state index in [0.717, 1.165) is 5.75 Å². The lowest BCUT2D eigenvalue weighted by molar-refractivity contribution is -0.144. The van der Waals surface area contributed by atoms with Gasteiger partial charge < -0.3 is 10.4 Å². The molecule has 1 aliphatic rings. The first-order valence-corrected chi connectivity index (χ1v) is 6.68. The van der Waals surface area contributed by atoms with Gasteiger partial charge in [-0.25, -0.2) is 0 Å². The van der Waals surface area contributed by atoms with E-state index in [4.69, 9.17) is 5.11 Å². The normalized spacial score (nSPS) is 22.8. The van der Waals surface area contributed by atoms with Crippen LogP contribution >= 0.6 is 11.8 Å². The van der Waals surface area contributed by atoms with Crippen molar-refractivity contribution in [1.29, 1.82) is 0 Å². The molecule has 0 radical (unpaired) electrons. The molecule has 5 nitrogen and oxygen atoms in total. The summed E-state index contributed by atoms with van der Waals surface area (Å²) in [5.74, 6) is 0.390. The maximum atomic E-state index is 11.8. The average Bonchev–Trinajstić information content (AvgIpc) is 2.34. The summed E-state index contributed by atoms with van der Waals surface area (Å²) in [6.45, 7) is 6.30. The van der Waals surface area contributed by atoms with Gasteiger partial charge in [-0.15, -0.1) is 6.58 Å². The Kier molecular flexibility index (Phi) is 5.50. The first-order chi connectivity index (χ1) is 8.07. The van der Waals surface area contributed by atoms with E-state index in [1.165, 1.54) is 0 Å². The highest BCUT2D eigenvalue weighted by atomic mass is 32.2. The molecule has 2 atom stereocenters. The molecule has 2 unspecified atom stereocenters. The summed E-state index contributed by atoms with van der Waals surface area (Å²) >= 11 is 1.61. The molecule has 0 bridgehead atoms. The van der Waals surface area contributed by atoms with Gasteiger partial charge in [0, 0.05) is 24.6 Å². The third-order valence-electron chi connectivity index (χ3n) is 2.75. The molecule has 1 fully saturated rings. The van der Waals surface area contributed by atoms with Crippen molar-refractivity contribution in [1.82, 2.24) is 10.2 Å². The number of carbonyl (C=O) groups is 2. The van der Waals surface area contributed by atoms with Gasteiger partial charge in [0.05, 0.1) is 6.04 Å². The van der Waals surface area contributed by atoms with Gasteiger partial charge in [0.15, 0.2) is 0 Å². The van der Waals surface area contributed by atoms with Gasteiger partial charge in [-0.05, 0) is 6.92 Å². The van der Waals surface area contributed by atoms with Gasteiger partial charge in [0.25, 0.3) is 0 Å². The van der Waals surface area contributed by atoms with Crippen LogP contribution in [0.15, 0.2) is 12.7 Å². The van der Waals surface area contributed by atoms with Crippen molar-refractivity contribution < 1.29 is 14.7 Å². The van der Waals surface area contributed by atoms with Crippen molar-refractivity contribution in [2.75, 3.05) is 24.6 Å². The van der Waals surface area contributed by atoms with E-state index in [2.05, 4.69) is 11.9 Å². The molecule has 96 valence electrons. The minimum absolute atomic E-state index is 0.150. The molecule has 2 N–H and O–H groups in total. The topological polar surface area (TPSA) is 69.6 Å². The molecule has 0 saturated carbocycles. The Bertz CT molecular complexity index is 309. The molecule has 17 heavy (non-hydrogen) atoms. The smallest absolute Gasteiger partial charge is 0.321 e. The van der Waals surface area contributed by atoms with E-state index >= 15 is 0 Å². The number of carbonyl (C=O) groups excluding carboxylic acids is 1. The van der Waals surface area contributed by atoms with Crippen LogP contribution in [-0.2, 0) is 9.59 Å². The van der Waals surface area contributed by atoms with Gasteiger partial charge in [-0.3, -0.25) is 14.5 Å². The van der Waals surface area contributed by atoms with Crippen molar-refractivity contribution in [2.45, 2.75) is 19.0 Å². The highest BCUT2D eigenvalue weighted by Crippen LogP contribution is 2.19. The first-order valence-electron chi connectivity index (χ1n) is 5.52. The molecular formula is C11H18N2O3S. The summed E-state index contributed by atoms with van der Waals surface area (Å²) in [6.07, 6.45) is 1.60. The summed E-state index contributed by atoms with van der Waals surface area (Å²) in [7, 11) is 0. The number of carboxylic acid groups (broad SMARTS) is 1. The van der Waals surface area contributed by atoms with Crippen molar-refractivity contribution in [2.24, 2.45) is 0 Å². The molecule has 1 saturated heterocycles. The van der Waals surface area contributed by atoms with Gasteiger partial charge >= 0.3 is 5.97 Å². The van der Waals surface area contributed by atoms with E-state index in [-0.39, 0.29) is 5.91 Å². The van der Waals surface area contributed by atoms with Crippen molar-refractivity contribution in [3.63, 3.8) is 0 Å². The Morgan fingerprint density at radius 3 is 3.00 bits per heavy atom. The zero-order valence-electron chi connectivity index (χ0n) is 9.89. The highest BCUT2D eigenvalue weighted by molar-refractivity contribution is 7.99. The lowest BCUT2D eigenvalue weighted by atomic mass is 10.2. The quantitative estimate of drug-likeness (QED) is 0.688. The van der Waals surface area contributed by atoms with Crippen LogP contribution in [0.5, 0.6) is 0 Å². The van der Waals surface area contributed by atoms with Gasteiger partial charge in [-0.2, -0.15) is 11.8 Å². The number of thioether (sulfide) groups is 1. The third kappa shape index (κ3) is 3.74. The second-order valence-electron chi connectivity index (χ2n) is 3.88. The van der Waals surface area contributed by atoms with E-state index in [0.29, 0.717) is 18.8 Å². The fraction of sp³-hybridized carbons (Fsp3) is 0.636. The van der Waals surface area contributed by atoms with Crippen LogP contribution < -0.4 is 5.32 Å². The number of carboxylic acids is 1. The van der Waals surface area contributed by atoms with Crippen LogP contribution in [-0.4, -0.2) is 58.6 Å². The molecule has 6 heteroatoms. The number of hydrogen-bond acceptors (Lipinski definition) is 4. The first kappa shape index (κ1) is 14.1. The molecule has 0 spiro atoms. The Morgan fingerprint density at radius 1 is 1.71 bits per heavy atom. The van der Waals surface area contributed by atoms with Crippen LogP contribution in [0, 0.1) is 0 Å². The lowest BCUT2D eigenvalue weighted by Gasteiger charge is -2.36. The van der Waals surface area contributed by atoms with Crippen molar-refractivity contribution in [3.05, 3.63) is 12.7 Å². The number of nitrogens with one attached hydrogen (secondary N) is 1. The number of rotatable bonds is 5. The Labute approximate surface area is 105 Å². The lowest BCUT2D eigenvalue weighted by Crippen LogP contribution is -2.55. The van der Waals surface area contributed by atoms with Crippen molar-refractivity contribution in [3.8, 4) is 0 Å². The summed E-state index contributed by atoms with van der Waals surface area (Å²) in [4.78, 5) is 24.6. The number of nitrogens with zero attached hydrogens (tertiary/aromatic N) is 1. The monoisotopic (exact) mass is 258 g/mol. The second-order valence-corrected chi connectivity index (χ2v) is 5.03. The summed E-state index contributed by atoms with van der Waals surface area (Å²) in [6, 6.07) is -0.991. The predicted octanol–water partition coefficient (Wildman–Crippen LogP) is 0.179. The maximum Gasteiger partial charge on any atom is 0.321 e. The molecule has 0 aliphatic carbocycles. The minimum atomic E-state index is -0.861. The fourth-order valence-corrected chi connectivity index (χ4v) is 2.83. The standard InChI is InChI=1S/C11H18N2O3S/c1-3-4-12-10(14)8(2)13-5-6-17-7-9(13)11(15)16/h3,8-9H,1,4-7H2,2H3,(H,12,14)(H,15,16). The summed E-state index contributed by atoms with van der Waals surface area (Å²) < 4.78 is 0. The molecule has 1 aliphatic heterocycles. The number of hydrogen-bond donors (Lipinski definition) is 2. The van der Waals surface area contributed by atoms with Crippen LogP contribution in [0.25, 0.3) is 0 Å². The zero-order valence-corrected chi connectivity index (χ0v) is 10.7. The summed E-state index contributed by atoms with van der Waals surface area (Å²) in [5, 5.41) is 11.8. The maximum absolute atomic E-state index is 11.8. The van der Waals surface area contributed by atoms with E-state index in [9.17, 15) is 9.59 Å². The van der Waals surface area contributed by atoms with Crippen LogP contribution in [0.3, 0.4) is 0 Å². The molecule has 0 aromatic rings. The van der Waals surface area contributed by atoms with E-state index in [1.807, 2.05) is 0 Å². The molecule has 1 heterocycles. The van der Waals surface area contributed by atoms with Crippen LogP contribution in [0.1, 0.15) is 6.92 Å². The van der Waals surface area contributed by atoms with Crippen molar-refractivity contribution >= 4 is 23.6 Å². The van der Waals surface area contributed by atoms with Gasteiger partial charge in [-0.1, -0.05) is 6.08 Å². The molecule has 1 rings (SSSR count). The largest absolute Gasteiger partial charge is 0.480 e. The predicted molar refractivity (Wildman–Crippen MR) is 68.1 cm³/mol. The Morgan fingerprint density at radius 2 is 2.41 bits per heavy atom. The fourth-order valence-electron chi connectivity index (χ4n) is 1.76. The Balaban J connectivity index is 2.63. The molecule has 0 aromatic heterocycles. The molecule has 0 aromatic carbocycles. The molecule has 1 amide bonds. The zero-order chi connectivity index (χ0) is 12.8. The minimum Gasteiger partial charge on any atom is -0.480 e. The van der Waals surface area contributed by atoms with Crippen LogP contribution in [0.4, 0.5) is 0 Å². The average molecular weight is 258 g/mol. The SMILES string of the molecule is C=CCNC(=O)C(C)N1CCSCC1C(=O)O. The Hall–Kier alpha value is -1.01. The highest BCUT2D eigenvalue weighted by Gasteiger charge is 2.34. The second kappa shape index (κ2) is 6.66. The summed E-state index contributed by atoms with van der Waals surface area (Å²) in [5.41, 5.74) is 0. The molecular weight excluding hydrogens is 240 g/mol. The van der Waals surface area contributed by atoms with Gasteiger partial charge in [0.1, 0.15) is 6.04 Å². The third-order valence-corrected chi connectivity index (χ3v) is 3.78. The number of aliphatic carboxylic acids is 1. The number of amides is 1. The van der Waals surface area contributed by atoms with E-state index in [1.54, 1.807) is 29.7 Å².